The van der Waals surface area contributed by atoms with Gasteiger partial charge in [0.15, 0.2) is 0 Å². The van der Waals surface area contributed by atoms with Crippen LogP contribution in [0.5, 0.6) is 0 Å². The van der Waals surface area contributed by atoms with Crippen LogP contribution in [0.15, 0.2) is 29.4 Å². The number of aliphatic hydroxyl groups excluding tert-OH is 1. The normalized spacial score (nSPS) is 12.3. The average molecular weight is 205 g/mol. The Morgan fingerprint density at radius 2 is 1.80 bits per heavy atom. The Hall–Kier alpha value is -1.51. The lowest BCUT2D eigenvalue weighted by atomic mass is 10.00. The molecule has 1 aromatic rings. The molecule has 80 valence electrons. The molecule has 0 saturated carbocycles. The Bertz CT molecular complexity index is 353. The van der Waals surface area contributed by atoms with Crippen molar-refractivity contribution in [2.24, 2.45) is 5.11 Å². The fraction of sp³-hybridized carbons (Fsp3) is 0.455. The van der Waals surface area contributed by atoms with Crippen LogP contribution in [-0.4, -0.2) is 11.7 Å². The van der Waals surface area contributed by atoms with E-state index in [4.69, 9.17) is 5.53 Å². The van der Waals surface area contributed by atoms with E-state index >= 15 is 0 Å². The third-order valence-electron chi connectivity index (χ3n) is 2.31. The standard InChI is InChI=1S/C11H15N3O/c1-8(2)9-3-5-10(6-4-9)11(15)7-13-14-12/h3-6,8,11,15H,7H2,1-2H3/t11-/m0/s1. The predicted octanol–water partition coefficient (Wildman–Crippen LogP) is 3.15. The Balaban J connectivity index is 2.74. The third-order valence-corrected chi connectivity index (χ3v) is 2.31. The quantitative estimate of drug-likeness (QED) is 0.458. The molecule has 0 heterocycles. The van der Waals surface area contributed by atoms with Gasteiger partial charge in [-0.15, -0.1) is 0 Å². The molecular weight excluding hydrogens is 190 g/mol. The van der Waals surface area contributed by atoms with Crippen molar-refractivity contribution in [2.45, 2.75) is 25.9 Å². The van der Waals surface area contributed by atoms with E-state index in [0.29, 0.717) is 5.92 Å². The Labute approximate surface area is 89.2 Å². The smallest absolute Gasteiger partial charge is 0.0846 e. The molecule has 1 aromatic carbocycles. The Kier molecular flexibility index (Phi) is 4.16. The van der Waals surface area contributed by atoms with Crippen molar-refractivity contribution in [1.29, 1.82) is 0 Å². The van der Waals surface area contributed by atoms with Crippen LogP contribution in [0.1, 0.15) is 37.0 Å². The van der Waals surface area contributed by atoms with E-state index < -0.39 is 6.10 Å². The SMILES string of the molecule is CC(C)c1ccc([C@@H](O)CN=[N+]=[N-])cc1. The number of hydrogen-bond donors (Lipinski definition) is 1. The lowest BCUT2D eigenvalue weighted by molar-refractivity contribution is 0.187. The molecule has 0 aliphatic rings. The maximum absolute atomic E-state index is 9.62. The second kappa shape index (κ2) is 5.39. The molecule has 15 heavy (non-hydrogen) atoms. The molecule has 0 saturated heterocycles. The van der Waals surface area contributed by atoms with Gasteiger partial charge in [0, 0.05) is 4.91 Å². The van der Waals surface area contributed by atoms with Gasteiger partial charge in [0.05, 0.1) is 12.6 Å². The molecule has 0 unspecified atom stereocenters. The van der Waals surface area contributed by atoms with E-state index in [1.54, 1.807) is 0 Å². The second-order valence-corrected chi connectivity index (χ2v) is 3.75. The van der Waals surface area contributed by atoms with Crippen LogP contribution in [0, 0.1) is 0 Å². The number of aliphatic hydroxyl groups is 1. The van der Waals surface area contributed by atoms with Crippen LogP contribution in [0.4, 0.5) is 0 Å². The molecule has 4 heteroatoms. The molecule has 0 aromatic heterocycles. The van der Waals surface area contributed by atoms with Crippen molar-refractivity contribution in [2.75, 3.05) is 6.54 Å². The van der Waals surface area contributed by atoms with Crippen LogP contribution in [0.3, 0.4) is 0 Å². The minimum atomic E-state index is -0.706. The van der Waals surface area contributed by atoms with Gasteiger partial charge in [0.1, 0.15) is 0 Å². The summed E-state index contributed by atoms with van der Waals surface area (Å²) in [6, 6.07) is 7.71. The van der Waals surface area contributed by atoms with Crippen molar-refractivity contribution in [3.05, 3.63) is 45.8 Å². The molecule has 0 aliphatic carbocycles. The first-order valence-corrected chi connectivity index (χ1v) is 4.94. The zero-order valence-electron chi connectivity index (χ0n) is 8.96. The van der Waals surface area contributed by atoms with E-state index in [2.05, 4.69) is 23.9 Å². The summed E-state index contributed by atoms with van der Waals surface area (Å²) in [5.41, 5.74) is 10.1. The summed E-state index contributed by atoms with van der Waals surface area (Å²) in [7, 11) is 0. The van der Waals surface area contributed by atoms with Gasteiger partial charge >= 0.3 is 0 Å². The first kappa shape index (κ1) is 11.6. The molecule has 4 nitrogen and oxygen atoms in total. The van der Waals surface area contributed by atoms with Crippen molar-refractivity contribution >= 4 is 0 Å². The summed E-state index contributed by atoms with van der Waals surface area (Å²) in [5, 5.41) is 13.0. The molecule has 0 radical (unpaired) electrons. The second-order valence-electron chi connectivity index (χ2n) is 3.75. The molecule has 1 rings (SSSR count). The number of rotatable bonds is 4. The Morgan fingerprint density at radius 1 is 1.27 bits per heavy atom. The molecule has 0 spiro atoms. The summed E-state index contributed by atoms with van der Waals surface area (Å²) >= 11 is 0. The number of hydrogen-bond acceptors (Lipinski definition) is 2. The summed E-state index contributed by atoms with van der Waals surface area (Å²) in [6.45, 7) is 4.31. The molecule has 0 aliphatic heterocycles. The summed E-state index contributed by atoms with van der Waals surface area (Å²) in [5.74, 6) is 0.480. The molecular formula is C11H15N3O. The highest BCUT2D eigenvalue weighted by Gasteiger charge is 2.06. The minimum Gasteiger partial charge on any atom is -0.388 e. The van der Waals surface area contributed by atoms with Crippen LogP contribution < -0.4 is 0 Å². The van der Waals surface area contributed by atoms with Gasteiger partial charge in [-0.2, -0.15) is 0 Å². The van der Waals surface area contributed by atoms with Crippen molar-refractivity contribution < 1.29 is 5.11 Å². The van der Waals surface area contributed by atoms with E-state index in [0.717, 1.165) is 5.56 Å². The van der Waals surface area contributed by atoms with E-state index in [1.807, 2.05) is 24.3 Å². The summed E-state index contributed by atoms with van der Waals surface area (Å²) in [4.78, 5) is 2.61. The lowest BCUT2D eigenvalue weighted by Gasteiger charge is -2.10. The highest BCUT2D eigenvalue weighted by atomic mass is 16.3. The average Bonchev–Trinajstić information content (AvgIpc) is 2.26. The largest absolute Gasteiger partial charge is 0.388 e. The first-order chi connectivity index (χ1) is 7.15. The van der Waals surface area contributed by atoms with Gasteiger partial charge in [-0.05, 0) is 22.6 Å². The highest BCUT2D eigenvalue weighted by molar-refractivity contribution is 5.26. The zero-order chi connectivity index (χ0) is 11.3. The maximum Gasteiger partial charge on any atom is 0.0846 e. The monoisotopic (exact) mass is 205 g/mol. The van der Waals surface area contributed by atoms with E-state index in [9.17, 15) is 5.11 Å². The Morgan fingerprint density at radius 3 is 2.27 bits per heavy atom. The maximum atomic E-state index is 9.62. The minimum absolute atomic E-state index is 0.0809. The van der Waals surface area contributed by atoms with Crippen LogP contribution in [0.25, 0.3) is 10.4 Å². The third kappa shape index (κ3) is 3.27. The van der Waals surface area contributed by atoms with Gasteiger partial charge in [-0.25, -0.2) is 0 Å². The molecule has 0 bridgehead atoms. The number of azide groups is 1. The first-order valence-electron chi connectivity index (χ1n) is 4.94. The lowest BCUT2D eigenvalue weighted by Crippen LogP contribution is -2.01. The molecule has 1 N–H and O–H groups in total. The van der Waals surface area contributed by atoms with Crippen molar-refractivity contribution in [3.8, 4) is 0 Å². The molecule has 0 amide bonds. The molecule has 1 atom stereocenters. The van der Waals surface area contributed by atoms with Crippen LogP contribution in [-0.2, 0) is 0 Å². The van der Waals surface area contributed by atoms with Gasteiger partial charge < -0.3 is 5.11 Å². The van der Waals surface area contributed by atoms with E-state index in [1.165, 1.54) is 5.56 Å². The van der Waals surface area contributed by atoms with E-state index in [-0.39, 0.29) is 6.54 Å². The summed E-state index contributed by atoms with van der Waals surface area (Å²) < 4.78 is 0. The van der Waals surface area contributed by atoms with Gasteiger partial charge in [-0.1, -0.05) is 43.2 Å². The van der Waals surface area contributed by atoms with Gasteiger partial charge in [-0.3, -0.25) is 0 Å². The molecule has 0 fully saturated rings. The fourth-order valence-electron chi connectivity index (χ4n) is 1.32. The highest BCUT2D eigenvalue weighted by Crippen LogP contribution is 2.18. The van der Waals surface area contributed by atoms with Crippen LogP contribution in [0.2, 0.25) is 0 Å². The number of benzene rings is 1. The van der Waals surface area contributed by atoms with Gasteiger partial charge in [0.2, 0.25) is 0 Å². The van der Waals surface area contributed by atoms with Crippen molar-refractivity contribution in [3.63, 3.8) is 0 Å². The van der Waals surface area contributed by atoms with Gasteiger partial charge in [0.25, 0.3) is 0 Å². The predicted molar refractivity (Wildman–Crippen MR) is 59.5 cm³/mol. The van der Waals surface area contributed by atoms with Crippen LogP contribution >= 0.6 is 0 Å². The number of nitrogens with zero attached hydrogens (tertiary/aromatic N) is 3. The summed E-state index contributed by atoms with van der Waals surface area (Å²) in [6.07, 6.45) is -0.706. The van der Waals surface area contributed by atoms with Crippen molar-refractivity contribution in [1.82, 2.24) is 0 Å². The topological polar surface area (TPSA) is 69.0 Å². The fourth-order valence-corrected chi connectivity index (χ4v) is 1.32. The zero-order valence-corrected chi connectivity index (χ0v) is 8.96.